The van der Waals surface area contributed by atoms with Gasteiger partial charge >= 0.3 is 6.09 Å². The molecule has 0 aliphatic heterocycles. The third-order valence-corrected chi connectivity index (χ3v) is 9.15. The minimum Gasteiger partial charge on any atom is -0.497 e. The summed E-state index contributed by atoms with van der Waals surface area (Å²) < 4.78 is 43.9. The van der Waals surface area contributed by atoms with Gasteiger partial charge in [-0.3, -0.25) is 0 Å². The van der Waals surface area contributed by atoms with Crippen molar-refractivity contribution in [3.05, 3.63) is 78.8 Å². The number of sulfone groups is 1. The average Bonchev–Trinajstić information content (AvgIpc) is 3.44. The largest absolute Gasteiger partial charge is 0.497 e. The van der Waals surface area contributed by atoms with Crippen molar-refractivity contribution in [1.82, 2.24) is 5.32 Å². The molecule has 3 rings (SSSR count). The number of carbonyl (C=O) groups excluding carboxylic acids is 1. The predicted molar refractivity (Wildman–Crippen MR) is 152 cm³/mol. The first-order chi connectivity index (χ1) is 18.9. The fraction of sp³-hybridized carbons (Fsp3) is 0.414. The second kappa shape index (κ2) is 13.3. The standard InChI is InChI=1S/C29H39N3O7S/c1-28(2,15-7-16-30)20-29(31,40(35,36)24-12-10-22(37-3)11-13-24)26(33)25(18-21-8-5-4-6-9-21)32-27(34)39-23-14-17-38-19-23/h4-6,8-14,17,19,25-26,33H,7,15-16,18,20,30-31H2,1-3H3,(H,32,34)/t25-,26+,29?/m0/s1. The Morgan fingerprint density at radius 1 is 1.07 bits per heavy atom. The average molecular weight is 574 g/mol. The Labute approximate surface area is 235 Å². The van der Waals surface area contributed by atoms with E-state index >= 15 is 0 Å². The lowest BCUT2D eigenvalue weighted by Gasteiger charge is -2.42. The molecule has 3 atom stereocenters. The van der Waals surface area contributed by atoms with Crippen LogP contribution in [0.3, 0.4) is 0 Å². The number of nitrogens with one attached hydrogen (secondary N) is 1. The summed E-state index contributed by atoms with van der Waals surface area (Å²) in [6, 6.07) is 15.2. The van der Waals surface area contributed by atoms with Crippen molar-refractivity contribution >= 4 is 15.9 Å². The van der Waals surface area contributed by atoms with Crippen LogP contribution in [-0.2, 0) is 16.3 Å². The third kappa shape index (κ3) is 7.63. The minimum absolute atomic E-state index is 0.0797. The molecule has 2 aromatic carbocycles. The smallest absolute Gasteiger partial charge is 0.413 e. The maximum Gasteiger partial charge on any atom is 0.413 e. The first-order valence-corrected chi connectivity index (χ1v) is 14.5. The van der Waals surface area contributed by atoms with Crippen LogP contribution in [0.2, 0.25) is 0 Å². The Kier molecular flexibility index (Phi) is 10.4. The fourth-order valence-corrected chi connectivity index (χ4v) is 6.79. The van der Waals surface area contributed by atoms with Crippen molar-refractivity contribution in [2.75, 3.05) is 13.7 Å². The number of carbonyl (C=O) groups is 1. The lowest BCUT2D eigenvalue weighted by atomic mass is 9.78. The van der Waals surface area contributed by atoms with Gasteiger partial charge in [-0.05, 0) is 67.5 Å². The summed E-state index contributed by atoms with van der Waals surface area (Å²) in [4.78, 5) is 10.6. The lowest BCUT2D eigenvalue weighted by molar-refractivity contribution is 0.0603. The van der Waals surface area contributed by atoms with Crippen LogP contribution in [0.15, 0.2) is 82.5 Å². The number of methoxy groups -OCH3 is 1. The molecule has 0 saturated carbocycles. The number of aliphatic hydroxyl groups excluding tert-OH is 1. The summed E-state index contributed by atoms with van der Waals surface area (Å²) in [5.74, 6) is 0.620. The molecule has 0 fully saturated rings. The molecule has 6 N–H and O–H groups in total. The van der Waals surface area contributed by atoms with E-state index < -0.39 is 38.4 Å². The van der Waals surface area contributed by atoms with E-state index in [4.69, 9.17) is 25.4 Å². The van der Waals surface area contributed by atoms with Crippen LogP contribution in [-0.4, -0.2) is 50.3 Å². The van der Waals surface area contributed by atoms with E-state index in [1.807, 2.05) is 44.2 Å². The highest BCUT2D eigenvalue weighted by Crippen LogP contribution is 2.40. The quantitative estimate of drug-likeness (QED) is 0.225. The Balaban J connectivity index is 2.06. The van der Waals surface area contributed by atoms with Gasteiger partial charge in [-0.25, -0.2) is 13.2 Å². The monoisotopic (exact) mass is 573 g/mol. The van der Waals surface area contributed by atoms with Gasteiger partial charge in [0.05, 0.1) is 24.3 Å². The topological polar surface area (TPSA) is 167 Å². The molecule has 1 heterocycles. The van der Waals surface area contributed by atoms with E-state index in [0.717, 1.165) is 5.56 Å². The minimum atomic E-state index is -4.37. The van der Waals surface area contributed by atoms with E-state index in [1.54, 1.807) is 0 Å². The van der Waals surface area contributed by atoms with Crippen molar-refractivity contribution in [2.24, 2.45) is 16.9 Å². The third-order valence-electron chi connectivity index (χ3n) is 6.87. The van der Waals surface area contributed by atoms with Gasteiger partial charge in [-0.2, -0.15) is 0 Å². The number of amides is 1. The molecule has 0 aliphatic carbocycles. The molecular weight excluding hydrogens is 534 g/mol. The maximum absolute atomic E-state index is 14.2. The molecule has 3 aromatic rings. The first-order valence-electron chi connectivity index (χ1n) is 13.0. The Bertz CT molecular complexity index is 1310. The molecule has 218 valence electrons. The SMILES string of the molecule is COc1ccc(S(=O)(=O)C(N)(CC(C)(C)CCCN)[C@H](O)[C@H](Cc2ccccc2)NC(=O)Oc2ccoc2)cc1. The van der Waals surface area contributed by atoms with Crippen LogP contribution in [0, 0.1) is 5.41 Å². The van der Waals surface area contributed by atoms with Gasteiger partial charge in [0.15, 0.2) is 20.5 Å². The molecule has 0 saturated heterocycles. The van der Waals surface area contributed by atoms with E-state index in [0.29, 0.717) is 25.1 Å². The summed E-state index contributed by atoms with van der Waals surface area (Å²) in [5.41, 5.74) is 12.7. The molecule has 11 heteroatoms. The van der Waals surface area contributed by atoms with Crippen LogP contribution in [0.25, 0.3) is 0 Å². The summed E-state index contributed by atoms with van der Waals surface area (Å²) in [5, 5.41) is 14.6. The number of benzene rings is 2. The predicted octanol–water partition coefficient (Wildman–Crippen LogP) is 3.63. The van der Waals surface area contributed by atoms with Gasteiger partial charge in [-0.15, -0.1) is 0 Å². The fourth-order valence-electron chi connectivity index (χ4n) is 4.80. The summed E-state index contributed by atoms with van der Waals surface area (Å²) in [6.07, 6.45) is 1.14. The Morgan fingerprint density at radius 3 is 2.33 bits per heavy atom. The van der Waals surface area contributed by atoms with Crippen molar-refractivity contribution in [3.8, 4) is 11.5 Å². The van der Waals surface area contributed by atoms with Crippen molar-refractivity contribution in [2.45, 2.75) is 61.4 Å². The summed E-state index contributed by atoms with van der Waals surface area (Å²) >= 11 is 0. The Hall–Kier alpha value is -3.38. The van der Waals surface area contributed by atoms with Crippen molar-refractivity contribution in [3.63, 3.8) is 0 Å². The molecule has 0 spiro atoms. The van der Waals surface area contributed by atoms with Gasteiger partial charge in [0.25, 0.3) is 0 Å². The molecule has 0 bridgehead atoms. The van der Waals surface area contributed by atoms with Crippen LogP contribution in [0.1, 0.15) is 38.7 Å². The highest BCUT2D eigenvalue weighted by Gasteiger charge is 2.53. The molecule has 0 aliphatic rings. The van der Waals surface area contributed by atoms with Crippen LogP contribution < -0.4 is 26.3 Å². The zero-order chi connectivity index (χ0) is 29.4. The molecule has 1 unspecified atom stereocenters. The molecule has 1 aromatic heterocycles. The zero-order valence-electron chi connectivity index (χ0n) is 23.1. The number of hydrogen-bond donors (Lipinski definition) is 4. The van der Waals surface area contributed by atoms with Gasteiger partial charge < -0.3 is 35.8 Å². The van der Waals surface area contributed by atoms with Gasteiger partial charge in [-0.1, -0.05) is 44.2 Å². The zero-order valence-corrected chi connectivity index (χ0v) is 23.9. The van der Waals surface area contributed by atoms with E-state index in [2.05, 4.69) is 5.32 Å². The highest BCUT2D eigenvalue weighted by molar-refractivity contribution is 7.92. The molecular formula is C29H39N3O7S. The molecule has 0 radical (unpaired) electrons. The number of furan rings is 1. The molecule has 40 heavy (non-hydrogen) atoms. The van der Waals surface area contributed by atoms with E-state index in [1.165, 1.54) is 50.0 Å². The van der Waals surface area contributed by atoms with Crippen LogP contribution in [0.4, 0.5) is 4.79 Å². The summed E-state index contributed by atoms with van der Waals surface area (Å²) in [6.45, 7) is 4.19. The molecule has 10 nitrogen and oxygen atoms in total. The van der Waals surface area contributed by atoms with Crippen LogP contribution in [0.5, 0.6) is 11.5 Å². The Morgan fingerprint density at radius 2 is 1.75 bits per heavy atom. The maximum atomic E-state index is 14.2. The number of aliphatic hydroxyl groups is 1. The second-order valence-electron chi connectivity index (χ2n) is 10.6. The number of ether oxygens (including phenoxy) is 2. The molecule has 1 amide bonds. The summed E-state index contributed by atoms with van der Waals surface area (Å²) in [7, 11) is -2.90. The highest BCUT2D eigenvalue weighted by atomic mass is 32.2. The number of nitrogens with two attached hydrogens (primary N) is 2. The van der Waals surface area contributed by atoms with Crippen LogP contribution >= 0.6 is 0 Å². The number of hydrogen-bond acceptors (Lipinski definition) is 9. The van der Waals surface area contributed by atoms with Gasteiger partial charge in [0, 0.05) is 6.07 Å². The van der Waals surface area contributed by atoms with E-state index in [9.17, 15) is 18.3 Å². The lowest BCUT2D eigenvalue weighted by Crippen LogP contribution is -2.65. The van der Waals surface area contributed by atoms with Gasteiger partial charge in [0.2, 0.25) is 0 Å². The van der Waals surface area contributed by atoms with Gasteiger partial charge in [0.1, 0.15) is 18.1 Å². The number of rotatable bonds is 14. The normalized spacial score (nSPS) is 15.1. The van der Waals surface area contributed by atoms with Crippen molar-refractivity contribution in [1.29, 1.82) is 0 Å². The van der Waals surface area contributed by atoms with E-state index in [-0.39, 0.29) is 23.5 Å². The van der Waals surface area contributed by atoms with Crippen molar-refractivity contribution < 1.29 is 32.2 Å². The first kappa shape index (κ1) is 31.2. The second-order valence-corrected chi connectivity index (χ2v) is 12.8.